The number of esters is 1. The molecule has 4 nitrogen and oxygen atoms in total. The number of rotatable bonds is 14. The zero-order valence-corrected chi connectivity index (χ0v) is 13.7. The van der Waals surface area contributed by atoms with Gasteiger partial charge >= 0.3 is 11.9 Å². The lowest BCUT2D eigenvalue weighted by Crippen LogP contribution is -2.05. The van der Waals surface area contributed by atoms with Crippen LogP contribution < -0.4 is 0 Å². The summed E-state index contributed by atoms with van der Waals surface area (Å²) in [6.07, 6.45) is 9.91. The van der Waals surface area contributed by atoms with E-state index in [1.54, 1.807) is 0 Å². The predicted octanol–water partition coefficient (Wildman–Crippen LogP) is 4.56. The third-order valence-electron chi connectivity index (χ3n) is 3.46. The second-order valence-corrected chi connectivity index (χ2v) is 6.13. The van der Waals surface area contributed by atoms with Crippen molar-refractivity contribution in [3.8, 4) is 0 Å². The highest BCUT2D eigenvalue weighted by Crippen LogP contribution is 2.10. The first kappa shape index (κ1) is 19.9. The molecule has 0 amide bonds. The molecule has 0 heterocycles. The van der Waals surface area contributed by atoms with Crippen molar-refractivity contribution < 1.29 is 19.4 Å². The van der Waals surface area contributed by atoms with E-state index in [1.807, 2.05) is 0 Å². The number of carboxylic acid groups (broad SMARTS) is 1. The van der Waals surface area contributed by atoms with Crippen molar-refractivity contribution in [3.63, 3.8) is 0 Å². The number of hydrogen-bond donors (Lipinski definition) is 1. The summed E-state index contributed by atoms with van der Waals surface area (Å²) < 4.78 is 5.16. The molecule has 0 bridgehead atoms. The number of carbonyl (C=O) groups is 2. The quantitative estimate of drug-likeness (QED) is 0.377. The van der Waals surface area contributed by atoms with Crippen molar-refractivity contribution in [2.75, 3.05) is 6.61 Å². The van der Waals surface area contributed by atoms with Gasteiger partial charge in [-0.1, -0.05) is 52.4 Å². The topological polar surface area (TPSA) is 63.6 Å². The fourth-order valence-electron chi connectivity index (χ4n) is 2.17. The lowest BCUT2D eigenvalue weighted by molar-refractivity contribution is -0.143. The Labute approximate surface area is 129 Å². The minimum atomic E-state index is -0.772. The highest BCUT2D eigenvalue weighted by atomic mass is 16.5. The molecule has 0 fully saturated rings. The number of ether oxygens (including phenoxy) is 1. The van der Waals surface area contributed by atoms with Crippen molar-refractivity contribution >= 4 is 11.9 Å². The fraction of sp³-hybridized carbons (Fsp3) is 0.882. The molecule has 0 aliphatic rings. The molecule has 0 spiro atoms. The lowest BCUT2D eigenvalue weighted by Gasteiger charge is -2.06. The Morgan fingerprint density at radius 2 is 1.43 bits per heavy atom. The van der Waals surface area contributed by atoms with Crippen LogP contribution in [0.1, 0.15) is 84.5 Å². The van der Waals surface area contributed by atoms with Crippen molar-refractivity contribution in [2.24, 2.45) is 5.92 Å². The summed E-state index contributed by atoms with van der Waals surface area (Å²) in [5, 5.41) is 8.48. The van der Waals surface area contributed by atoms with Gasteiger partial charge in [-0.25, -0.2) is 0 Å². The normalized spacial score (nSPS) is 10.8. The standard InChI is InChI=1S/C17H32O4/c1-15(2)11-7-4-3-5-10-14-21-17(20)13-9-6-8-12-16(18)19/h15H,3-14H2,1-2H3,(H,18,19). The van der Waals surface area contributed by atoms with Gasteiger partial charge in [0.25, 0.3) is 0 Å². The predicted molar refractivity (Wildman–Crippen MR) is 84.2 cm³/mol. The van der Waals surface area contributed by atoms with Crippen LogP contribution in [0.25, 0.3) is 0 Å². The summed E-state index contributed by atoms with van der Waals surface area (Å²) in [4.78, 5) is 21.7. The molecule has 0 aromatic carbocycles. The molecule has 21 heavy (non-hydrogen) atoms. The van der Waals surface area contributed by atoms with E-state index in [2.05, 4.69) is 13.8 Å². The van der Waals surface area contributed by atoms with Crippen LogP contribution in [0.3, 0.4) is 0 Å². The molecule has 124 valence electrons. The maximum absolute atomic E-state index is 11.4. The van der Waals surface area contributed by atoms with Gasteiger partial charge in [0.15, 0.2) is 0 Å². The highest BCUT2D eigenvalue weighted by Gasteiger charge is 2.03. The van der Waals surface area contributed by atoms with Gasteiger partial charge in [-0.3, -0.25) is 9.59 Å². The molecule has 0 aromatic heterocycles. The van der Waals surface area contributed by atoms with E-state index in [-0.39, 0.29) is 12.4 Å². The van der Waals surface area contributed by atoms with E-state index < -0.39 is 5.97 Å². The molecule has 1 N–H and O–H groups in total. The van der Waals surface area contributed by atoms with Crippen LogP contribution in [-0.4, -0.2) is 23.7 Å². The minimum Gasteiger partial charge on any atom is -0.481 e. The first-order chi connectivity index (χ1) is 10.0. The van der Waals surface area contributed by atoms with E-state index in [9.17, 15) is 9.59 Å². The Kier molecular flexibility index (Phi) is 13.2. The summed E-state index contributed by atoms with van der Waals surface area (Å²) in [5.74, 6) is -0.127. The van der Waals surface area contributed by atoms with Gasteiger partial charge in [-0.05, 0) is 25.2 Å². The van der Waals surface area contributed by atoms with Gasteiger partial charge < -0.3 is 9.84 Å². The fourth-order valence-corrected chi connectivity index (χ4v) is 2.17. The lowest BCUT2D eigenvalue weighted by atomic mass is 10.0. The summed E-state index contributed by atoms with van der Waals surface area (Å²) in [6.45, 7) is 5.03. The van der Waals surface area contributed by atoms with E-state index in [4.69, 9.17) is 9.84 Å². The van der Waals surface area contributed by atoms with Crippen LogP contribution in [0.5, 0.6) is 0 Å². The smallest absolute Gasteiger partial charge is 0.305 e. The van der Waals surface area contributed by atoms with E-state index in [0.29, 0.717) is 19.4 Å². The van der Waals surface area contributed by atoms with E-state index >= 15 is 0 Å². The monoisotopic (exact) mass is 300 g/mol. The largest absolute Gasteiger partial charge is 0.481 e. The Hall–Kier alpha value is -1.06. The SMILES string of the molecule is CC(C)CCCCCCCOC(=O)CCCCCC(=O)O. The van der Waals surface area contributed by atoms with Crippen LogP contribution in [-0.2, 0) is 14.3 Å². The van der Waals surface area contributed by atoms with Gasteiger partial charge in [-0.15, -0.1) is 0 Å². The second kappa shape index (κ2) is 13.9. The zero-order valence-electron chi connectivity index (χ0n) is 13.7. The van der Waals surface area contributed by atoms with Gasteiger partial charge in [0, 0.05) is 12.8 Å². The third-order valence-corrected chi connectivity index (χ3v) is 3.46. The minimum absolute atomic E-state index is 0.148. The average molecular weight is 300 g/mol. The summed E-state index contributed by atoms with van der Waals surface area (Å²) >= 11 is 0. The molecule has 0 unspecified atom stereocenters. The molecule has 0 aliphatic heterocycles. The molecule has 0 saturated carbocycles. The summed E-state index contributed by atoms with van der Waals surface area (Å²) in [7, 11) is 0. The molecule has 0 aromatic rings. The molecule has 0 radical (unpaired) electrons. The molecule has 0 aliphatic carbocycles. The number of carbonyl (C=O) groups excluding carboxylic acids is 1. The highest BCUT2D eigenvalue weighted by molar-refractivity contribution is 5.69. The van der Waals surface area contributed by atoms with Gasteiger partial charge in [0.1, 0.15) is 0 Å². The van der Waals surface area contributed by atoms with E-state index in [1.165, 1.54) is 25.7 Å². The first-order valence-electron chi connectivity index (χ1n) is 8.39. The van der Waals surface area contributed by atoms with E-state index in [0.717, 1.165) is 31.6 Å². The molecule has 0 saturated heterocycles. The van der Waals surface area contributed by atoms with Gasteiger partial charge in [0.05, 0.1) is 6.61 Å². The van der Waals surface area contributed by atoms with Crippen molar-refractivity contribution in [2.45, 2.75) is 84.5 Å². The van der Waals surface area contributed by atoms with Crippen LogP contribution in [0.15, 0.2) is 0 Å². The Morgan fingerprint density at radius 3 is 2.10 bits per heavy atom. The molecular formula is C17H32O4. The first-order valence-corrected chi connectivity index (χ1v) is 8.39. The summed E-state index contributed by atoms with van der Waals surface area (Å²) in [5.41, 5.74) is 0. The van der Waals surface area contributed by atoms with Crippen molar-refractivity contribution in [3.05, 3.63) is 0 Å². The van der Waals surface area contributed by atoms with Crippen LogP contribution in [0, 0.1) is 5.92 Å². The van der Waals surface area contributed by atoms with Gasteiger partial charge in [-0.2, -0.15) is 0 Å². The maximum atomic E-state index is 11.4. The Bertz CT molecular complexity index is 274. The molecule has 4 heteroatoms. The third kappa shape index (κ3) is 16.9. The molecule has 0 rings (SSSR count). The number of unbranched alkanes of at least 4 members (excludes halogenated alkanes) is 6. The average Bonchev–Trinajstić information content (AvgIpc) is 2.40. The number of aliphatic carboxylic acids is 1. The maximum Gasteiger partial charge on any atom is 0.305 e. The number of hydrogen-bond acceptors (Lipinski definition) is 3. The van der Waals surface area contributed by atoms with Crippen molar-refractivity contribution in [1.82, 2.24) is 0 Å². The Morgan fingerprint density at radius 1 is 0.857 bits per heavy atom. The summed E-state index contributed by atoms with van der Waals surface area (Å²) in [6, 6.07) is 0. The van der Waals surface area contributed by atoms with Crippen LogP contribution in [0.2, 0.25) is 0 Å². The Balaban J connectivity index is 3.21. The molecule has 0 atom stereocenters. The van der Waals surface area contributed by atoms with Gasteiger partial charge in [0.2, 0.25) is 0 Å². The molecular weight excluding hydrogens is 268 g/mol. The van der Waals surface area contributed by atoms with Crippen molar-refractivity contribution in [1.29, 1.82) is 0 Å². The van der Waals surface area contributed by atoms with Crippen LogP contribution in [0.4, 0.5) is 0 Å². The second-order valence-electron chi connectivity index (χ2n) is 6.13. The zero-order chi connectivity index (χ0) is 15.9. The van der Waals surface area contributed by atoms with Crippen LogP contribution >= 0.6 is 0 Å². The number of carboxylic acids is 1.